The van der Waals surface area contributed by atoms with Gasteiger partial charge in [-0.25, -0.2) is 4.79 Å². The average Bonchev–Trinajstić information content (AvgIpc) is 2.56. The van der Waals surface area contributed by atoms with E-state index in [4.69, 9.17) is 0 Å². The molecule has 1 heterocycles. The first-order chi connectivity index (χ1) is 11.1. The smallest absolute Gasteiger partial charge is 0.326 e. The summed E-state index contributed by atoms with van der Waals surface area (Å²) in [5, 5.41) is 19.9. The Labute approximate surface area is 138 Å². The van der Waals surface area contributed by atoms with Crippen LogP contribution in [0, 0.1) is 11.8 Å². The van der Waals surface area contributed by atoms with Crippen LogP contribution in [-0.4, -0.2) is 45.7 Å². The van der Waals surface area contributed by atoms with E-state index in [9.17, 15) is 19.8 Å². The molecule has 0 radical (unpaired) electrons. The molecule has 3 atom stereocenters. The summed E-state index contributed by atoms with van der Waals surface area (Å²) in [7, 11) is 0. The molecule has 1 saturated heterocycles. The highest BCUT2D eigenvalue weighted by atomic mass is 16.4. The zero-order valence-corrected chi connectivity index (χ0v) is 14.0. The number of carboxylic acid groups (broad SMARTS) is 1. The largest absolute Gasteiger partial charge is 0.480 e. The first-order valence-corrected chi connectivity index (χ1v) is 8.90. The highest BCUT2D eigenvalue weighted by Crippen LogP contribution is 2.34. The van der Waals surface area contributed by atoms with Crippen molar-refractivity contribution in [3.8, 4) is 0 Å². The van der Waals surface area contributed by atoms with Gasteiger partial charge in [-0.05, 0) is 44.9 Å². The fourth-order valence-electron chi connectivity index (χ4n) is 4.08. The lowest BCUT2D eigenvalue weighted by Crippen LogP contribution is -2.53. The van der Waals surface area contributed by atoms with Crippen LogP contribution >= 0.6 is 0 Å². The molecule has 5 nitrogen and oxygen atoms in total. The lowest BCUT2D eigenvalue weighted by atomic mass is 9.76. The Morgan fingerprint density at radius 3 is 2.35 bits per heavy atom. The minimum Gasteiger partial charge on any atom is -0.480 e. The van der Waals surface area contributed by atoms with Crippen LogP contribution in [-0.2, 0) is 9.59 Å². The molecule has 2 rings (SSSR count). The van der Waals surface area contributed by atoms with Crippen LogP contribution in [0.25, 0.3) is 0 Å². The van der Waals surface area contributed by atoms with Gasteiger partial charge in [0.05, 0.1) is 12.0 Å². The molecular formula is C18H29NO4. The third-order valence-electron chi connectivity index (χ3n) is 5.27. The van der Waals surface area contributed by atoms with Gasteiger partial charge in [0, 0.05) is 6.54 Å². The number of aliphatic carboxylic acids is 1. The summed E-state index contributed by atoms with van der Waals surface area (Å²) in [5.74, 6) is -1.46. The summed E-state index contributed by atoms with van der Waals surface area (Å²) in [4.78, 5) is 26.1. The van der Waals surface area contributed by atoms with E-state index in [0.717, 1.165) is 38.5 Å². The van der Waals surface area contributed by atoms with Gasteiger partial charge in [0.25, 0.3) is 0 Å². The number of amides is 1. The number of rotatable bonds is 5. The summed E-state index contributed by atoms with van der Waals surface area (Å²) < 4.78 is 0. The first-order valence-electron chi connectivity index (χ1n) is 8.90. The predicted octanol–water partition coefficient (Wildman–Crippen LogP) is 2.59. The molecule has 2 aliphatic rings. The molecular weight excluding hydrogens is 294 g/mol. The molecule has 0 bridgehead atoms. The number of aliphatic hydroxyl groups is 1. The van der Waals surface area contributed by atoms with Gasteiger partial charge in [-0.2, -0.15) is 0 Å². The van der Waals surface area contributed by atoms with Crippen LogP contribution in [0.1, 0.15) is 58.3 Å². The maximum atomic E-state index is 13.1. The van der Waals surface area contributed by atoms with Gasteiger partial charge in [-0.3, -0.25) is 4.79 Å². The Bertz CT molecular complexity index is 442. The SMILES string of the molecule is C/C=C/[C@@H](O)[C@@H](C(=O)N1CCCCC1C(=O)O)C1CCCCC1. The molecule has 23 heavy (non-hydrogen) atoms. The molecule has 0 spiro atoms. The fourth-order valence-corrected chi connectivity index (χ4v) is 4.08. The van der Waals surface area contributed by atoms with Crippen LogP contribution in [0.2, 0.25) is 0 Å². The van der Waals surface area contributed by atoms with Crippen LogP contribution < -0.4 is 0 Å². The Hall–Kier alpha value is -1.36. The van der Waals surface area contributed by atoms with E-state index in [1.165, 1.54) is 11.3 Å². The number of aliphatic hydroxyl groups excluding tert-OH is 1. The second-order valence-electron chi connectivity index (χ2n) is 6.82. The monoisotopic (exact) mass is 323 g/mol. The van der Waals surface area contributed by atoms with Crippen LogP contribution in [0.5, 0.6) is 0 Å². The van der Waals surface area contributed by atoms with Crippen molar-refractivity contribution < 1.29 is 19.8 Å². The van der Waals surface area contributed by atoms with Crippen LogP contribution in [0.4, 0.5) is 0 Å². The van der Waals surface area contributed by atoms with Crippen molar-refractivity contribution in [1.29, 1.82) is 0 Å². The zero-order valence-electron chi connectivity index (χ0n) is 14.0. The van der Waals surface area contributed by atoms with Crippen molar-refractivity contribution in [3.05, 3.63) is 12.2 Å². The number of carboxylic acids is 1. The van der Waals surface area contributed by atoms with Gasteiger partial charge in [-0.15, -0.1) is 0 Å². The molecule has 0 aromatic heterocycles. The minimum atomic E-state index is -0.930. The molecule has 1 saturated carbocycles. The minimum absolute atomic E-state index is 0.152. The number of allylic oxidation sites excluding steroid dienone is 1. The van der Waals surface area contributed by atoms with Gasteiger partial charge in [0.1, 0.15) is 6.04 Å². The van der Waals surface area contributed by atoms with E-state index < -0.39 is 24.0 Å². The Kier molecular flexibility index (Phi) is 6.63. The number of hydrogen-bond donors (Lipinski definition) is 2. The number of nitrogens with zero attached hydrogens (tertiary/aromatic N) is 1. The van der Waals surface area contributed by atoms with E-state index in [-0.39, 0.29) is 11.8 Å². The van der Waals surface area contributed by atoms with E-state index >= 15 is 0 Å². The average molecular weight is 323 g/mol. The molecule has 130 valence electrons. The lowest BCUT2D eigenvalue weighted by molar-refractivity contribution is -0.157. The second-order valence-corrected chi connectivity index (χ2v) is 6.82. The highest BCUT2D eigenvalue weighted by molar-refractivity contribution is 5.86. The normalized spacial score (nSPS) is 26.2. The third-order valence-corrected chi connectivity index (χ3v) is 5.27. The molecule has 0 aromatic rings. The Morgan fingerprint density at radius 2 is 1.74 bits per heavy atom. The number of hydrogen-bond acceptors (Lipinski definition) is 3. The summed E-state index contributed by atoms with van der Waals surface area (Å²) in [6.45, 7) is 2.31. The second kappa shape index (κ2) is 8.48. The van der Waals surface area contributed by atoms with Gasteiger partial charge in [0.2, 0.25) is 5.91 Å². The summed E-state index contributed by atoms with van der Waals surface area (Å²) in [5.41, 5.74) is 0. The number of likely N-dealkylation sites (tertiary alicyclic amines) is 1. The van der Waals surface area contributed by atoms with Crippen molar-refractivity contribution in [2.24, 2.45) is 11.8 Å². The van der Waals surface area contributed by atoms with Crippen LogP contribution in [0.3, 0.4) is 0 Å². The Morgan fingerprint density at radius 1 is 1.09 bits per heavy atom. The Balaban J connectivity index is 2.21. The summed E-state index contributed by atoms with van der Waals surface area (Å²) in [6, 6.07) is -0.736. The number of piperidine rings is 1. The fraction of sp³-hybridized carbons (Fsp3) is 0.778. The topological polar surface area (TPSA) is 77.8 Å². The van der Waals surface area contributed by atoms with Gasteiger partial charge in [0.15, 0.2) is 0 Å². The number of carbonyl (C=O) groups excluding carboxylic acids is 1. The molecule has 1 amide bonds. The molecule has 1 aliphatic carbocycles. The first kappa shape index (κ1) is 18.0. The van der Waals surface area contributed by atoms with E-state index in [1.807, 2.05) is 6.92 Å². The van der Waals surface area contributed by atoms with Gasteiger partial charge < -0.3 is 15.1 Å². The molecule has 5 heteroatoms. The van der Waals surface area contributed by atoms with Crippen molar-refractivity contribution >= 4 is 11.9 Å². The van der Waals surface area contributed by atoms with Crippen molar-refractivity contribution in [1.82, 2.24) is 4.90 Å². The van der Waals surface area contributed by atoms with Crippen molar-refractivity contribution in [2.75, 3.05) is 6.54 Å². The highest BCUT2D eigenvalue weighted by Gasteiger charge is 2.41. The van der Waals surface area contributed by atoms with Crippen LogP contribution in [0.15, 0.2) is 12.2 Å². The quantitative estimate of drug-likeness (QED) is 0.762. The predicted molar refractivity (Wildman–Crippen MR) is 87.9 cm³/mol. The van der Waals surface area contributed by atoms with E-state index in [1.54, 1.807) is 12.2 Å². The van der Waals surface area contributed by atoms with Gasteiger partial charge in [-0.1, -0.05) is 31.4 Å². The van der Waals surface area contributed by atoms with Gasteiger partial charge >= 0.3 is 5.97 Å². The molecule has 1 aliphatic heterocycles. The summed E-state index contributed by atoms with van der Waals surface area (Å²) >= 11 is 0. The molecule has 0 aromatic carbocycles. The standard InChI is InChI=1S/C18H29NO4/c1-2-8-15(20)16(13-9-4-3-5-10-13)17(21)19-12-7-6-11-14(19)18(22)23/h2,8,13-16,20H,3-7,9-12H2,1H3,(H,22,23)/b8-2+/t14?,15-,16+/m1/s1. The molecule has 1 unspecified atom stereocenters. The van der Waals surface area contributed by atoms with Crippen molar-refractivity contribution in [3.63, 3.8) is 0 Å². The third kappa shape index (κ3) is 4.34. The molecule has 2 fully saturated rings. The maximum absolute atomic E-state index is 13.1. The van der Waals surface area contributed by atoms with E-state index in [0.29, 0.717) is 13.0 Å². The van der Waals surface area contributed by atoms with Crippen molar-refractivity contribution in [2.45, 2.75) is 70.4 Å². The molecule has 2 N–H and O–H groups in total. The lowest BCUT2D eigenvalue weighted by Gasteiger charge is -2.39. The zero-order chi connectivity index (χ0) is 16.8. The summed E-state index contributed by atoms with van der Waals surface area (Å²) in [6.07, 6.45) is 10.0. The maximum Gasteiger partial charge on any atom is 0.326 e. The van der Waals surface area contributed by atoms with E-state index in [2.05, 4.69) is 0 Å². The number of carbonyl (C=O) groups is 2.